The summed E-state index contributed by atoms with van der Waals surface area (Å²) in [6, 6.07) is 5.89. The summed E-state index contributed by atoms with van der Waals surface area (Å²) in [5.41, 5.74) is 2.02. The van der Waals surface area contributed by atoms with Crippen molar-refractivity contribution in [3.8, 4) is 0 Å². The molecule has 0 amide bonds. The van der Waals surface area contributed by atoms with Gasteiger partial charge in [-0.15, -0.1) is 0 Å². The zero-order valence-corrected chi connectivity index (χ0v) is 12.6. The molecular weight excluding hydrogens is 308 g/mol. The molecule has 0 aliphatic heterocycles. The second kappa shape index (κ2) is 6.79. The summed E-state index contributed by atoms with van der Waals surface area (Å²) in [4.78, 5) is 4.41. The van der Waals surface area contributed by atoms with Crippen molar-refractivity contribution >= 4 is 15.9 Å². The van der Waals surface area contributed by atoms with Gasteiger partial charge in [0.1, 0.15) is 0 Å². The van der Waals surface area contributed by atoms with Crippen LogP contribution < -0.4 is 5.32 Å². The normalized spacial score (nSPS) is 12.6. The molecule has 2 heterocycles. The third kappa shape index (κ3) is 3.20. The molecule has 1 N–H and O–H groups in total. The first kappa shape index (κ1) is 14.2. The molecule has 1 atom stereocenters. The lowest BCUT2D eigenvalue weighted by Gasteiger charge is -2.18. The summed E-state index contributed by atoms with van der Waals surface area (Å²) in [5.74, 6) is 0. The Morgan fingerprint density at radius 3 is 2.95 bits per heavy atom. The number of nitrogens with one attached hydrogen (secondary N) is 1. The molecule has 2 aromatic rings. The van der Waals surface area contributed by atoms with Crippen LogP contribution in [0.5, 0.6) is 0 Å². The number of rotatable bonds is 6. The predicted octanol–water partition coefficient (Wildman–Crippen LogP) is 2.00. The Balaban J connectivity index is 2.35. The van der Waals surface area contributed by atoms with Gasteiger partial charge in [-0.25, -0.2) is 0 Å². The smallest absolute Gasteiger partial charge is 0.0931 e. The molecule has 0 saturated heterocycles. The summed E-state index contributed by atoms with van der Waals surface area (Å²) >= 11 is 3.56. The second-order valence-electron chi connectivity index (χ2n) is 4.07. The van der Waals surface area contributed by atoms with Crippen molar-refractivity contribution < 1.29 is 4.74 Å². The van der Waals surface area contributed by atoms with E-state index in [1.165, 1.54) is 0 Å². The molecule has 102 valence electrons. The Morgan fingerprint density at radius 2 is 2.32 bits per heavy atom. The Hall–Kier alpha value is -1.24. The maximum absolute atomic E-state index is 5.12. The van der Waals surface area contributed by atoms with Crippen LogP contribution >= 0.6 is 15.9 Å². The van der Waals surface area contributed by atoms with Crippen LogP contribution in [0, 0.1) is 0 Å². The molecule has 0 aliphatic rings. The molecule has 0 aliphatic carbocycles. The van der Waals surface area contributed by atoms with E-state index in [1.807, 2.05) is 29.9 Å². The zero-order chi connectivity index (χ0) is 13.7. The first-order chi connectivity index (χ1) is 9.27. The van der Waals surface area contributed by atoms with E-state index in [9.17, 15) is 0 Å². The highest BCUT2D eigenvalue weighted by molar-refractivity contribution is 9.10. The minimum Gasteiger partial charge on any atom is -0.383 e. The highest BCUT2D eigenvalue weighted by Crippen LogP contribution is 2.27. The summed E-state index contributed by atoms with van der Waals surface area (Å²) in [7, 11) is 3.60. The van der Waals surface area contributed by atoms with Crippen LogP contribution in [-0.2, 0) is 11.3 Å². The molecule has 6 heteroatoms. The number of hydrogen-bond donors (Lipinski definition) is 1. The number of halogens is 1. The summed E-state index contributed by atoms with van der Waals surface area (Å²) in [6.07, 6.45) is 3.60. The van der Waals surface area contributed by atoms with Crippen molar-refractivity contribution in [2.45, 2.75) is 12.6 Å². The van der Waals surface area contributed by atoms with Gasteiger partial charge >= 0.3 is 0 Å². The second-order valence-corrected chi connectivity index (χ2v) is 4.92. The van der Waals surface area contributed by atoms with Crippen molar-refractivity contribution in [1.29, 1.82) is 0 Å². The van der Waals surface area contributed by atoms with Gasteiger partial charge in [0.2, 0.25) is 0 Å². The van der Waals surface area contributed by atoms with E-state index in [-0.39, 0.29) is 6.04 Å². The maximum atomic E-state index is 5.12. The largest absolute Gasteiger partial charge is 0.383 e. The fraction of sp³-hybridized carbons (Fsp3) is 0.385. The van der Waals surface area contributed by atoms with Crippen molar-refractivity contribution in [2.75, 3.05) is 20.8 Å². The average Bonchev–Trinajstić information content (AvgIpc) is 2.80. The predicted molar refractivity (Wildman–Crippen MR) is 76.9 cm³/mol. The fourth-order valence-corrected chi connectivity index (χ4v) is 2.51. The van der Waals surface area contributed by atoms with Crippen LogP contribution in [0.4, 0.5) is 0 Å². The van der Waals surface area contributed by atoms with Crippen LogP contribution in [-0.4, -0.2) is 35.5 Å². The quantitative estimate of drug-likeness (QED) is 0.883. The molecule has 0 spiro atoms. The zero-order valence-electron chi connectivity index (χ0n) is 11.0. The Bertz CT molecular complexity index is 515. The number of ether oxygens (including phenoxy) is 1. The molecule has 2 rings (SSSR count). The van der Waals surface area contributed by atoms with E-state index in [1.54, 1.807) is 19.5 Å². The number of nitrogens with zero attached hydrogens (tertiary/aromatic N) is 3. The Labute approximate surface area is 121 Å². The van der Waals surface area contributed by atoms with E-state index in [4.69, 9.17) is 4.74 Å². The summed E-state index contributed by atoms with van der Waals surface area (Å²) in [5, 5.41) is 7.65. The van der Waals surface area contributed by atoms with E-state index in [0.717, 1.165) is 15.9 Å². The lowest BCUT2D eigenvalue weighted by Crippen LogP contribution is -2.23. The highest BCUT2D eigenvalue weighted by Gasteiger charge is 2.21. The number of methoxy groups -OCH3 is 1. The van der Waals surface area contributed by atoms with Crippen LogP contribution in [0.3, 0.4) is 0 Å². The first-order valence-corrected chi connectivity index (χ1v) is 6.85. The first-order valence-electron chi connectivity index (χ1n) is 6.06. The monoisotopic (exact) mass is 324 g/mol. The molecular formula is C13H17BrN4O. The van der Waals surface area contributed by atoms with Crippen LogP contribution in [0.25, 0.3) is 0 Å². The Morgan fingerprint density at radius 1 is 1.47 bits per heavy atom. The van der Waals surface area contributed by atoms with E-state index in [2.05, 4.69) is 31.3 Å². The van der Waals surface area contributed by atoms with Crippen molar-refractivity contribution in [2.24, 2.45) is 0 Å². The Kier molecular flexibility index (Phi) is 5.07. The molecule has 0 radical (unpaired) electrons. The van der Waals surface area contributed by atoms with Gasteiger partial charge in [0.05, 0.1) is 41.3 Å². The average molecular weight is 325 g/mol. The topological polar surface area (TPSA) is 52.0 Å². The molecule has 2 aromatic heterocycles. The fourth-order valence-electron chi connectivity index (χ4n) is 1.99. The number of aromatic nitrogens is 3. The van der Waals surface area contributed by atoms with Crippen molar-refractivity contribution in [3.05, 3.63) is 46.5 Å². The van der Waals surface area contributed by atoms with Crippen LogP contribution in [0.2, 0.25) is 0 Å². The van der Waals surface area contributed by atoms with Gasteiger partial charge < -0.3 is 10.1 Å². The van der Waals surface area contributed by atoms with E-state index in [0.29, 0.717) is 13.2 Å². The molecule has 1 unspecified atom stereocenters. The van der Waals surface area contributed by atoms with Gasteiger partial charge in [-0.3, -0.25) is 9.67 Å². The summed E-state index contributed by atoms with van der Waals surface area (Å²) < 4.78 is 8.02. The van der Waals surface area contributed by atoms with Gasteiger partial charge in [0.25, 0.3) is 0 Å². The maximum Gasteiger partial charge on any atom is 0.0931 e. The highest BCUT2D eigenvalue weighted by atomic mass is 79.9. The van der Waals surface area contributed by atoms with Crippen molar-refractivity contribution in [3.63, 3.8) is 0 Å². The van der Waals surface area contributed by atoms with Gasteiger partial charge in [0.15, 0.2) is 0 Å². The third-order valence-electron chi connectivity index (χ3n) is 2.89. The SMILES string of the molecule is CNC(c1ccccn1)c1c(Br)cnn1CCOC. The lowest BCUT2D eigenvalue weighted by atomic mass is 10.1. The minimum absolute atomic E-state index is 0.00469. The van der Waals surface area contributed by atoms with Gasteiger partial charge in [0, 0.05) is 13.3 Å². The van der Waals surface area contributed by atoms with Crippen LogP contribution in [0.1, 0.15) is 17.4 Å². The molecule has 0 fully saturated rings. The lowest BCUT2D eigenvalue weighted by molar-refractivity contribution is 0.182. The molecule has 0 aromatic carbocycles. The van der Waals surface area contributed by atoms with Crippen molar-refractivity contribution in [1.82, 2.24) is 20.1 Å². The molecule has 0 bridgehead atoms. The molecule has 5 nitrogen and oxygen atoms in total. The summed E-state index contributed by atoms with van der Waals surface area (Å²) in [6.45, 7) is 1.34. The van der Waals surface area contributed by atoms with Crippen LogP contribution in [0.15, 0.2) is 35.1 Å². The van der Waals surface area contributed by atoms with Gasteiger partial charge in [-0.2, -0.15) is 5.10 Å². The van der Waals surface area contributed by atoms with E-state index < -0.39 is 0 Å². The molecule has 19 heavy (non-hydrogen) atoms. The third-order valence-corrected chi connectivity index (χ3v) is 3.50. The number of pyridine rings is 1. The standard InChI is InChI=1S/C13H17BrN4O/c1-15-12(11-5-3-4-6-16-11)13-10(14)9-17-18(13)7-8-19-2/h3-6,9,12,15H,7-8H2,1-2H3. The van der Waals surface area contributed by atoms with Gasteiger partial charge in [-0.05, 0) is 35.1 Å². The minimum atomic E-state index is -0.00469. The van der Waals surface area contributed by atoms with E-state index >= 15 is 0 Å². The molecule has 0 saturated carbocycles. The van der Waals surface area contributed by atoms with Gasteiger partial charge in [-0.1, -0.05) is 6.07 Å². The number of hydrogen-bond acceptors (Lipinski definition) is 4.